The van der Waals surface area contributed by atoms with Crippen molar-refractivity contribution in [2.75, 3.05) is 6.61 Å². The molecule has 0 unspecified atom stereocenters. The quantitative estimate of drug-likeness (QED) is 0.621. The molecule has 0 aliphatic carbocycles. The molecule has 0 bridgehead atoms. The van der Waals surface area contributed by atoms with Crippen LogP contribution in [0.2, 0.25) is 0 Å². The van der Waals surface area contributed by atoms with E-state index in [0.29, 0.717) is 18.6 Å². The molecule has 0 saturated carbocycles. The summed E-state index contributed by atoms with van der Waals surface area (Å²) in [6, 6.07) is 3.39. The number of carbonyl (C=O) groups excluding carboxylic acids is 1. The predicted octanol–water partition coefficient (Wildman–Crippen LogP) is 3.25. The second kappa shape index (κ2) is 6.84. The third-order valence-electron chi connectivity index (χ3n) is 2.66. The zero-order valence-corrected chi connectivity index (χ0v) is 11.0. The lowest BCUT2D eigenvalue weighted by atomic mass is 9.99. The highest BCUT2D eigenvalue weighted by molar-refractivity contribution is 5.90. The van der Waals surface area contributed by atoms with Gasteiger partial charge in [-0.3, -0.25) is 0 Å². The maximum absolute atomic E-state index is 11.7. The Morgan fingerprint density at radius 1 is 1.39 bits per heavy atom. The van der Waals surface area contributed by atoms with Crippen LogP contribution in [0.5, 0.6) is 5.75 Å². The summed E-state index contributed by atoms with van der Waals surface area (Å²) in [7, 11) is 0. The Bertz CT molecular complexity index is 436. The molecule has 0 radical (unpaired) electrons. The van der Waals surface area contributed by atoms with Crippen molar-refractivity contribution in [2.24, 2.45) is 0 Å². The highest BCUT2D eigenvalue weighted by Crippen LogP contribution is 2.27. The second-order valence-electron chi connectivity index (χ2n) is 4.11. The molecule has 0 spiro atoms. The third kappa shape index (κ3) is 3.36. The molecule has 0 fully saturated rings. The number of rotatable bonds is 6. The molecule has 18 heavy (non-hydrogen) atoms. The SMILES string of the molecule is C=CCc1cc(C(=O)OCC)cc(CCC)c1O. The number of benzene rings is 1. The summed E-state index contributed by atoms with van der Waals surface area (Å²) in [4.78, 5) is 11.7. The van der Waals surface area contributed by atoms with Gasteiger partial charge in [0.25, 0.3) is 0 Å². The number of aromatic hydroxyl groups is 1. The molecule has 0 saturated heterocycles. The number of phenolic OH excluding ortho intramolecular Hbond substituents is 1. The fourth-order valence-corrected chi connectivity index (χ4v) is 1.86. The Morgan fingerprint density at radius 2 is 2.06 bits per heavy atom. The molecule has 0 atom stereocenters. The molecule has 1 N–H and O–H groups in total. The molecule has 3 nitrogen and oxygen atoms in total. The third-order valence-corrected chi connectivity index (χ3v) is 2.66. The van der Waals surface area contributed by atoms with Crippen molar-refractivity contribution in [3.63, 3.8) is 0 Å². The second-order valence-corrected chi connectivity index (χ2v) is 4.11. The van der Waals surface area contributed by atoms with Gasteiger partial charge in [-0.2, -0.15) is 0 Å². The van der Waals surface area contributed by atoms with E-state index in [9.17, 15) is 9.90 Å². The molecule has 0 aliphatic heterocycles. The first-order chi connectivity index (χ1) is 8.63. The number of phenols is 1. The van der Waals surface area contributed by atoms with Gasteiger partial charge in [-0.1, -0.05) is 19.4 Å². The van der Waals surface area contributed by atoms with Crippen molar-refractivity contribution in [1.29, 1.82) is 0 Å². The normalized spacial score (nSPS) is 10.1. The molecule has 1 rings (SSSR count). The zero-order valence-electron chi connectivity index (χ0n) is 11.0. The molecule has 98 valence electrons. The van der Waals surface area contributed by atoms with Gasteiger partial charge in [-0.25, -0.2) is 4.79 Å². The van der Waals surface area contributed by atoms with E-state index in [-0.39, 0.29) is 11.7 Å². The minimum atomic E-state index is -0.347. The maximum Gasteiger partial charge on any atom is 0.338 e. The van der Waals surface area contributed by atoms with Crippen LogP contribution in [-0.2, 0) is 17.6 Å². The van der Waals surface area contributed by atoms with E-state index in [0.717, 1.165) is 24.0 Å². The fourth-order valence-electron chi connectivity index (χ4n) is 1.86. The van der Waals surface area contributed by atoms with Gasteiger partial charge >= 0.3 is 5.97 Å². The number of carbonyl (C=O) groups is 1. The van der Waals surface area contributed by atoms with E-state index >= 15 is 0 Å². The highest BCUT2D eigenvalue weighted by atomic mass is 16.5. The lowest BCUT2D eigenvalue weighted by Crippen LogP contribution is -2.06. The predicted molar refractivity (Wildman–Crippen MR) is 72.0 cm³/mol. The number of allylic oxidation sites excluding steroid dienone is 1. The number of hydrogen-bond acceptors (Lipinski definition) is 3. The van der Waals surface area contributed by atoms with Gasteiger partial charge in [0.15, 0.2) is 0 Å². The Hall–Kier alpha value is -1.77. The van der Waals surface area contributed by atoms with Gasteiger partial charge in [-0.05, 0) is 43.0 Å². The smallest absolute Gasteiger partial charge is 0.338 e. The molecule has 3 heteroatoms. The fraction of sp³-hybridized carbons (Fsp3) is 0.400. The monoisotopic (exact) mass is 248 g/mol. The van der Waals surface area contributed by atoms with E-state index in [1.54, 1.807) is 25.1 Å². The van der Waals surface area contributed by atoms with Gasteiger partial charge in [0.05, 0.1) is 12.2 Å². The summed E-state index contributed by atoms with van der Waals surface area (Å²) in [6.45, 7) is 7.81. The van der Waals surface area contributed by atoms with Crippen molar-refractivity contribution >= 4 is 5.97 Å². The summed E-state index contributed by atoms with van der Waals surface area (Å²) >= 11 is 0. The number of hydrogen-bond donors (Lipinski definition) is 1. The summed E-state index contributed by atoms with van der Waals surface area (Å²) < 4.78 is 4.99. The first kappa shape index (κ1) is 14.3. The van der Waals surface area contributed by atoms with Crippen LogP contribution in [0.4, 0.5) is 0 Å². The summed E-state index contributed by atoms with van der Waals surface area (Å²) in [5.74, 6) is -0.0787. The van der Waals surface area contributed by atoms with Crippen LogP contribution in [0.15, 0.2) is 24.8 Å². The molecular formula is C15H20O3. The van der Waals surface area contributed by atoms with Crippen LogP contribution in [0, 0.1) is 0 Å². The maximum atomic E-state index is 11.7. The van der Waals surface area contributed by atoms with Crippen LogP contribution in [0.1, 0.15) is 41.8 Å². The number of aryl methyl sites for hydroxylation is 1. The Labute approximate surface area is 108 Å². The van der Waals surface area contributed by atoms with Gasteiger partial charge in [0.2, 0.25) is 0 Å². The van der Waals surface area contributed by atoms with E-state index in [4.69, 9.17) is 4.74 Å². The van der Waals surface area contributed by atoms with Crippen molar-refractivity contribution in [2.45, 2.75) is 33.1 Å². The average Bonchev–Trinajstić information content (AvgIpc) is 2.34. The van der Waals surface area contributed by atoms with E-state index in [1.165, 1.54) is 0 Å². The standard InChI is InChI=1S/C15H20O3/c1-4-7-11-9-13(15(17)18-6-3)10-12(8-5-2)14(11)16/h4,9-10,16H,1,5-8H2,2-3H3. The topological polar surface area (TPSA) is 46.5 Å². The van der Waals surface area contributed by atoms with Crippen LogP contribution in [-0.4, -0.2) is 17.7 Å². The molecular weight excluding hydrogens is 228 g/mol. The van der Waals surface area contributed by atoms with Gasteiger partial charge in [0, 0.05) is 0 Å². The molecule has 0 amide bonds. The van der Waals surface area contributed by atoms with Gasteiger partial charge in [-0.15, -0.1) is 6.58 Å². The first-order valence-electron chi connectivity index (χ1n) is 6.26. The highest BCUT2D eigenvalue weighted by Gasteiger charge is 2.14. The van der Waals surface area contributed by atoms with Crippen LogP contribution < -0.4 is 0 Å². The Morgan fingerprint density at radius 3 is 2.61 bits per heavy atom. The summed E-state index contributed by atoms with van der Waals surface area (Å²) in [5, 5.41) is 10.1. The zero-order chi connectivity index (χ0) is 13.5. The minimum Gasteiger partial charge on any atom is -0.507 e. The Balaban J connectivity index is 3.18. The molecule has 0 heterocycles. The summed E-state index contributed by atoms with van der Waals surface area (Å²) in [6.07, 6.45) is 3.89. The lowest BCUT2D eigenvalue weighted by molar-refractivity contribution is 0.0526. The lowest BCUT2D eigenvalue weighted by Gasteiger charge is -2.11. The van der Waals surface area contributed by atoms with Gasteiger partial charge in [0.1, 0.15) is 5.75 Å². The van der Waals surface area contributed by atoms with Crippen molar-refractivity contribution in [3.05, 3.63) is 41.5 Å². The van der Waals surface area contributed by atoms with E-state index < -0.39 is 0 Å². The molecule has 1 aromatic carbocycles. The molecule has 0 aliphatic rings. The van der Waals surface area contributed by atoms with Crippen molar-refractivity contribution in [1.82, 2.24) is 0 Å². The van der Waals surface area contributed by atoms with Crippen molar-refractivity contribution in [3.8, 4) is 5.75 Å². The summed E-state index contributed by atoms with van der Waals surface area (Å²) in [5.41, 5.74) is 2.01. The van der Waals surface area contributed by atoms with E-state index in [1.807, 2.05) is 6.92 Å². The molecule has 1 aromatic rings. The Kier molecular flexibility index (Phi) is 5.43. The molecule has 0 aromatic heterocycles. The average molecular weight is 248 g/mol. The van der Waals surface area contributed by atoms with E-state index in [2.05, 4.69) is 6.58 Å². The van der Waals surface area contributed by atoms with Gasteiger partial charge < -0.3 is 9.84 Å². The van der Waals surface area contributed by atoms with Crippen LogP contribution in [0.3, 0.4) is 0 Å². The minimum absolute atomic E-state index is 0.268. The number of ether oxygens (including phenoxy) is 1. The van der Waals surface area contributed by atoms with Crippen LogP contribution in [0.25, 0.3) is 0 Å². The van der Waals surface area contributed by atoms with Crippen molar-refractivity contribution < 1.29 is 14.6 Å². The van der Waals surface area contributed by atoms with Crippen LogP contribution >= 0.6 is 0 Å². The number of esters is 1. The first-order valence-corrected chi connectivity index (χ1v) is 6.26. The largest absolute Gasteiger partial charge is 0.507 e.